The number of imidazole rings is 1. The van der Waals surface area contributed by atoms with Gasteiger partial charge in [-0.3, -0.25) is 4.79 Å². The number of halogens is 2. The third kappa shape index (κ3) is 3.27. The van der Waals surface area contributed by atoms with E-state index in [1.165, 1.54) is 43.1 Å². The number of nitrogens with one attached hydrogen (secondary N) is 3. The monoisotopic (exact) mass is 367 g/mol. The normalized spacial score (nSPS) is 10.7. The van der Waals surface area contributed by atoms with E-state index in [0.717, 1.165) is 6.07 Å². The molecule has 4 rings (SSSR count). The highest BCUT2D eigenvalue weighted by Gasteiger charge is 2.14. The second kappa shape index (κ2) is 6.75. The molecule has 0 spiro atoms. The highest BCUT2D eigenvalue weighted by Crippen LogP contribution is 2.25. The number of hydrogen-bond acceptors (Lipinski definition) is 6. The predicted octanol–water partition coefficient (Wildman–Crippen LogP) is 3.02. The van der Waals surface area contributed by atoms with Crippen molar-refractivity contribution in [1.29, 1.82) is 0 Å². The lowest BCUT2D eigenvalue weighted by molar-refractivity contribution is 0.102. The molecule has 0 bridgehead atoms. The number of carbonyl (C=O) groups is 1. The second-order valence-electron chi connectivity index (χ2n) is 5.44. The molecule has 0 saturated heterocycles. The number of H-pyrrole nitrogens is 1. The van der Waals surface area contributed by atoms with Crippen LogP contribution in [0, 0.1) is 11.8 Å². The lowest BCUT2D eigenvalue weighted by Crippen LogP contribution is -2.14. The van der Waals surface area contributed by atoms with Crippen molar-refractivity contribution < 1.29 is 13.6 Å². The van der Waals surface area contributed by atoms with Crippen LogP contribution in [0.5, 0.6) is 0 Å². The zero-order chi connectivity index (χ0) is 18.8. The third-order valence-electron chi connectivity index (χ3n) is 3.71. The van der Waals surface area contributed by atoms with Crippen LogP contribution in [0.2, 0.25) is 0 Å². The maximum absolute atomic E-state index is 14.4. The number of nitrogens with zero attached hydrogens (tertiary/aromatic N) is 4. The van der Waals surface area contributed by atoms with Crippen molar-refractivity contribution in [2.75, 3.05) is 10.6 Å². The number of benzene rings is 1. The van der Waals surface area contributed by atoms with Crippen LogP contribution in [-0.4, -0.2) is 30.8 Å². The van der Waals surface area contributed by atoms with Gasteiger partial charge in [-0.05, 0) is 30.3 Å². The molecule has 3 N–H and O–H groups in total. The van der Waals surface area contributed by atoms with Crippen molar-refractivity contribution in [2.24, 2.45) is 0 Å². The molecule has 1 aromatic carbocycles. The van der Waals surface area contributed by atoms with Gasteiger partial charge < -0.3 is 15.6 Å². The molecule has 0 unspecified atom stereocenters. The number of hydrogen-bond donors (Lipinski definition) is 3. The molecule has 3 aromatic heterocycles. The quantitative estimate of drug-likeness (QED) is 0.479. The van der Waals surface area contributed by atoms with E-state index >= 15 is 0 Å². The maximum atomic E-state index is 14.4. The van der Waals surface area contributed by atoms with E-state index in [2.05, 4.69) is 35.6 Å². The minimum atomic E-state index is -0.902. The Kier molecular flexibility index (Phi) is 4.13. The van der Waals surface area contributed by atoms with Gasteiger partial charge in [0.1, 0.15) is 17.7 Å². The van der Waals surface area contributed by atoms with Crippen LogP contribution >= 0.6 is 0 Å². The molecule has 3 heterocycles. The number of anilines is 3. The highest BCUT2D eigenvalue weighted by molar-refractivity contribution is 6.04. The SMILES string of the molecule is O=C(Nc1ccc(Nc2ncnc3nc[nH]c23)c(F)c1)c1cccnc1F. The van der Waals surface area contributed by atoms with E-state index in [1.54, 1.807) is 0 Å². The summed E-state index contributed by atoms with van der Waals surface area (Å²) < 4.78 is 28.0. The number of carbonyl (C=O) groups excluding carboxylic acids is 1. The van der Waals surface area contributed by atoms with Crippen LogP contribution in [0.3, 0.4) is 0 Å². The molecule has 134 valence electrons. The summed E-state index contributed by atoms with van der Waals surface area (Å²) in [7, 11) is 0. The molecule has 0 aliphatic carbocycles. The molecular formula is C17H11F2N7O. The molecule has 27 heavy (non-hydrogen) atoms. The molecule has 0 fully saturated rings. The number of amides is 1. The predicted molar refractivity (Wildman–Crippen MR) is 93.5 cm³/mol. The summed E-state index contributed by atoms with van der Waals surface area (Å²) in [6, 6.07) is 6.73. The summed E-state index contributed by atoms with van der Waals surface area (Å²) in [6.45, 7) is 0. The first-order valence-corrected chi connectivity index (χ1v) is 7.74. The Hall–Kier alpha value is -3.95. The summed E-state index contributed by atoms with van der Waals surface area (Å²) in [6.07, 6.45) is 3.99. The van der Waals surface area contributed by atoms with Gasteiger partial charge in [-0.1, -0.05) is 0 Å². The number of aromatic nitrogens is 5. The van der Waals surface area contributed by atoms with E-state index in [4.69, 9.17) is 0 Å². The molecule has 1 amide bonds. The average molecular weight is 367 g/mol. The van der Waals surface area contributed by atoms with Gasteiger partial charge in [-0.15, -0.1) is 0 Å². The standard InChI is InChI=1S/C17H11F2N7O/c18-11-6-9(25-17(27)10-2-1-5-20-14(10)19)3-4-12(11)26-16-13-15(22-7-21-13)23-8-24-16/h1-8H,(H,25,27)(H2,21,22,23,24,26). The minimum Gasteiger partial charge on any atom is -0.340 e. The van der Waals surface area contributed by atoms with Crippen molar-refractivity contribution in [3.63, 3.8) is 0 Å². The molecule has 4 aromatic rings. The Morgan fingerprint density at radius 3 is 2.78 bits per heavy atom. The van der Waals surface area contributed by atoms with Crippen LogP contribution in [0.4, 0.5) is 26.0 Å². The van der Waals surface area contributed by atoms with Gasteiger partial charge in [-0.25, -0.2) is 24.3 Å². The summed E-state index contributed by atoms with van der Waals surface area (Å²) in [5.74, 6) is -1.91. The van der Waals surface area contributed by atoms with Gasteiger partial charge in [0.15, 0.2) is 11.5 Å². The lowest BCUT2D eigenvalue weighted by atomic mass is 10.2. The van der Waals surface area contributed by atoms with Crippen molar-refractivity contribution in [3.05, 3.63) is 66.5 Å². The first-order chi connectivity index (χ1) is 13.1. The van der Waals surface area contributed by atoms with E-state index in [9.17, 15) is 13.6 Å². The van der Waals surface area contributed by atoms with Crippen molar-refractivity contribution in [1.82, 2.24) is 24.9 Å². The fourth-order valence-corrected chi connectivity index (χ4v) is 2.44. The summed E-state index contributed by atoms with van der Waals surface area (Å²) in [5.41, 5.74) is 1.04. The van der Waals surface area contributed by atoms with Crippen molar-refractivity contribution in [3.8, 4) is 0 Å². The van der Waals surface area contributed by atoms with E-state index in [-0.39, 0.29) is 16.9 Å². The molecule has 0 saturated carbocycles. The fraction of sp³-hybridized carbons (Fsp3) is 0. The Balaban J connectivity index is 1.55. The van der Waals surface area contributed by atoms with Crippen LogP contribution in [-0.2, 0) is 0 Å². The Morgan fingerprint density at radius 2 is 1.96 bits per heavy atom. The Labute approximate surface area is 150 Å². The summed E-state index contributed by atoms with van der Waals surface area (Å²) in [4.78, 5) is 30.4. The second-order valence-corrected chi connectivity index (χ2v) is 5.44. The van der Waals surface area contributed by atoms with Crippen LogP contribution in [0.1, 0.15) is 10.4 Å². The zero-order valence-corrected chi connectivity index (χ0v) is 13.6. The average Bonchev–Trinajstić information content (AvgIpc) is 3.14. The molecule has 0 aliphatic heterocycles. The van der Waals surface area contributed by atoms with Gasteiger partial charge in [0.05, 0.1) is 17.6 Å². The molecule has 0 atom stereocenters. The third-order valence-corrected chi connectivity index (χ3v) is 3.71. The number of aromatic amines is 1. The van der Waals surface area contributed by atoms with E-state index in [1.807, 2.05) is 0 Å². The largest absolute Gasteiger partial charge is 0.340 e. The maximum Gasteiger partial charge on any atom is 0.260 e. The first kappa shape index (κ1) is 16.5. The molecule has 8 nitrogen and oxygen atoms in total. The fourth-order valence-electron chi connectivity index (χ4n) is 2.44. The Morgan fingerprint density at radius 1 is 1.07 bits per heavy atom. The van der Waals surface area contributed by atoms with Crippen LogP contribution in [0.15, 0.2) is 49.2 Å². The van der Waals surface area contributed by atoms with Gasteiger partial charge in [0.25, 0.3) is 5.91 Å². The summed E-state index contributed by atoms with van der Waals surface area (Å²) >= 11 is 0. The first-order valence-electron chi connectivity index (χ1n) is 7.74. The van der Waals surface area contributed by atoms with Gasteiger partial charge in [0, 0.05) is 11.9 Å². The minimum absolute atomic E-state index is 0.134. The van der Waals surface area contributed by atoms with Gasteiger partial charge in [-0.2, -0.15) is 4.39 Å². The molecule has 0 radical (unpaired) electrons. The zero-order valence-electron chi connectivity index (χ0n) is 13.6. The number of fused-ring (bicyclic) bond motifs is 1. The Bertz CT molecular complexity index is 1150. The highest BCUT2D eigenvalue weighted by atomic mass is 19.1. The van der Waals surface area contributed by atoms with Crippen LogP contribution < -0.4 is 10.6 Å². The van der Waals surface area contributed by atoms with Gasteiger partial charge >= 0.3 is 0 Å². The topological polar surface area (TPSA) is 108 Å². The smallest absolute Gasteiger partial charge is 0.260 e. The van der Waals surface area contributed by atoms with E-state index in [0.29, 0.717) is 17.0 Å². The van der Waals surface area contributed by atoms with E-state index < -0.39 is 17.7 Å². The molecule has 10 heteroatoms. The molecular weight excluding hydrogens is 356 g/mol. The lowest BCUT2D eigenvalue weighted by Gasteiger charge is -2.10. The van der Waals surface area contributed by atoms with Crippen LogP contribution in [0.25, 0.3) is 11.2 Å². The van der Waals surface area contributed by atoms with Gasteiger partial charge in [0.2, 0.25) is 5.95 Å². The number of rotatable bonds is 4. The summed E-state index contributed by atoms with van der Waals surface area (Å²) in [5, 5.41) is 5.27. The number of pyridine rings is 1. The van der Waals surface area contributed by atoms with Crippen molar-refractivity contribution >= 4 is 34.3 Å². The van der Waals surface area contributed by atoms with Crippen molar-refractivity contribution in [2.45, 2.75) is 0 Å². The molecule has 0 aliphatic rings.